The van der Waals surface area contributed by atoms with Crippen LogP contribution in [0, 0.1) is 10.1 Å². The molecule has 0 spiro atoms. The lowest BCUT2D eigenvalue weighted by molar-refractivity contribution is -0.383. The largest absolute Gasteiger partial charge is 0.378 e. The second-order valence-electron chi connectivity index (χ2n) is 3.77. The van der Waals surface area contributed by atoms with Crippen molar-refractivity contribution < 1.29 is 9.72 Å². The first-order chi connectivity index (χ1) is 10.0. The molecule has 0 fully saturated rings. The van der Waals surface area contributed by atoms with Crippen LogP contribution in [0.4, 0.5) is 17.3 Å². The highest BCUT2D eigenvalue weighted by Gasteiger charge is 2.21. The van der Waals surface area contributed by atoms with Crippen LogP contribution in [0.2, 0.25) is 0 Å². The van der Waals surface area contributed by atoms with Gasteiger partial charge in [-0.1, -0.05) is 12.1 Å². The molecule has 2 rings (SSSR count). The predicted molar refractivity (Wildman–Crippen MR) is 78.3 cm³/mol. The van der Waals surface area contributed by atoms with Crippen molar-refractivity contribution in [3.05, 3.63) is 50.7 Å². The van der Waals surface area contributed by atoms with Gasteiger partial charge in [-0.25, -0.2) is 9.97 Å². The van der Waals surface area contributed by atoms with Gasteiger partial charge in [0, 0.05) is 4.47 Å². The summed E-state index contributed by atoms with van der Waals surface area (Å²) in [4.78, 5) is 29.3. The molecule has 1 amide bonds. The predicted octanol–water partition coefficient (Wildman–Crippen LogP) is 1.49. The van der Waals surface area contributed by atoms with Crippen molar-refractivity contribution in [3.8, 4) is 0 Å². The smallest absolute Gasteiger partial charge is 0.354 e. The van der Waals surface area contributed by atoms with Gasteiger partial charge < -0.3 is 5.73 Å². The van der Waals surface area contributed by atoms with E-state index in [-0.39, 0.29) is 11.6 Å². The van der Waals surface area contributed by atoms with Crippen molar-refractivity contribution in [1.29, 1.82) is 0 Å². The third-order valence-corrected chi connectivity index (χ3v) is 3.14. The van der Waals surface area contributed by atoms with Crippen LogP contribution >= 0.6 is 15.9 Å². The van der Waals surface area contributed by atoms with Crippen molar-refractivity contribution in [2.24, 2.45) is 0 Å². The number of hydrogen-bond acceptors (Lipinski definition) is 7. The van der Waals surface area contributed by atoms with Crippen molar-refractivity contribution in [2.75, 3.05) is 11.2 Å². The minimum absolute atomic E-state index is 0.201. The number of halogens is 1. The molecule has 108 valence electrons. The zero-order valence-electron chi connectivity index (χ0n) is 10.4. The SMILES string of the molecule is Nc1ncnc(NNC(=O)c2ccccc2Br)c1[N+](=O)[O-]. The minimum Gasteiger partial charge on any atom is -0.378 e. The number of nitrogens with zero attached hydrogens (tertiary/aromatic N) is 3. The summed E-state index contributed by atoms with van der Waals surface area (Å²) in [5, 5.41) is 10.9. The summed E-state index contributed by atoms with van der Waals surface area (Å²) in [5.74, 6) is -0.991. The van der Waals surface area contributed by atoms with Crippen LogP contribution in [0.15, 0.2) is 35.1 Å². The Labute approximate surface area is 126 Å². The number of amides is 1. The highest BCUT2D eigenvalue weighted by molar-refractivity contribution is 9.10. The summed E-state index contributed by atoms with van der Waals surface area (Å²) in [5.41, 5.74) is 9.93. The van der Waals surface area contributed by atoms with Crippen molar-refractivity contribution >= 4 is 39.2 Å². The number of nitrogen functional groups attached to an aromatic ring is 1. The molecule has 0 saturated heterocycles. The molecule has 1 heterocycles. The second-order valence-corrected chi connectivity index (χ2v) is 4.63. The summed E-state index contributed by atoms with van der Waals surface area (Å²) in [6, 6.07) is 6.72. The Hall–Kier alpha value is -2.75. The van der Waals surface area contributed by atoms with Gasteiger partial charge in [-0.05, 0) is 28.1 Å². The number of nitro groups is 1. The molecule has 1 aromatic heterocycles. The fraction of sp³-hybridized carbons (Fsp3) is 0. The fourth-order valence-corrected chi connectivity index (χ4v) is 1.96. The topological polar surface area (TPSA) is 136 Å². The number of carbonyl (C=O) groups is 1. The molecular weight excluding hydrogens is 344 g/mol. The summed E-state index contributed by atoms with van der Waals surface area (Å²) in [7, 11) is 0. The molecule has 0 unspecified atom stereocenters. The second kappa shape index (κ2) is 6.13. The number of hydrogen-bond donors (Lipinski definition) is 3. The zero-order chi connectivity index (χ0) is 15.4. The van der Waals surface area contributed by atoms with E-state index in [2.05, 4.69) is 36.7 Å². The van der Waals surface area contributed by atoms with Crippen LogP contribution in [0.3, 0.4) is 0 Å². The molecule has 0 radical (unpaired) electrons. The molecule has 1 aromatic carbocycles. The molecule has 0 aliphatic carbocycles. The van der Waals surface area contributed by atoms with E-state index in [9.17, 15) is 14.9 Å². The number of hydrazine groups is 1. The average molecular weight is 353 g/mol. The standard InChI is InChI=1S/C11H9BrN6O3/c12-7-4-2-1-3-6(7)11(19)17-16-10-8(18(20)21)9(13)14-5-15-10/h1-5H,(H,17,19)(H3,13,14,15,16). The highest BCUT2D eigenvalue weighted by Crippen LogP contribution is 2.25. The van der Waals surface area contributed by atoms with Gasteiger partial charge in [-0.3, -0.25) is 25.8 Å². The van der Waals surface area contributed by atoms with Crippen LogP contribution < -0.4 is 16.6 Å². The minimum atomic E-state index is -0.734. The van der Waals surface area contributed by atoms with Gasteiger partial charge in [0.25, 0.3) is 5.91 Å². The molecule has 21 heavy (non-hydrogen) atoms. The quantitative estimate of drug-likeness (QED) is 0.559. The van der Waals surface area contributed by atoms with Gasteiger partial charge in [0.05, 0.1) is 10.5 Å². The van der Waals surface area contributed by atoms with Crippen LogP contribution in [0.5, 0.6) is 0 Å². The molecule has 0 saturated carbocycles. The van der Waals surface area contributed by atoms with Crippen LogP contribution in [-0.4, -0.2) is 20.8 Å². The number of nitrogens with one attached hydrogen (secondary N) is 2. The van der Waals surface area contributed by atoms with E-state index >= 15 is 0 Å². The van der Waals surface area contributed by atoms with E-state index in [4.69, 9.17) is 5.73 Å². The van der Waals surface area contributed by atoms with Gasteiger partial charge in [-0.15, -0.1) is 0 Å². The van der Waals surface area contributed by atoms with Gasteiger partial charge in [0.1, 0.15) is 6.33 Å². The van der Waals surface area contributed by atoms with Gasteiger partial charge in [-0.2, -0.15) is 0 Å². The summed E-state index contributed by atoms with van der Waals surface area (Å²) >= 11 is 3.23. The molecule has 0 aliphatic heterocycles. The first-order valence-electron chi connectivity index (χ1n) is 5.56. The van der Waals surface area contributed by atoms with E-state index in [0.29, 0.717) is 10.0 Å². The molecule has 9 nitrogen and oxygen atoms in total. The van der Waals surface area contributed by atoms with Crippen molar-refractivity contribution in [2.45, 2.75) is 0 Å². The number of benzene rings is 1. The molecule has 0 aliphatic rings. The molecule has 2 aromatic rings. The third-order valence-electron chi connectivity index (χ3n) is 2.45. The first kappa shape index (κ1) is 14.7. The molecular formula is C11H9BrN6O3. The monoisotopic (exact) mass is 352 g/mol. The van der Waals surface area contributed by atoms with Crippen molar-refractivity contribution in [1.82, 2.24) is 15.4 Å². The Bertz CT molecular complexity index is 708. The molecule has 10 heteroatoms. The summed E-state index contributed by atoms with van der Waals surface area (Å²) in [6.45, 7) is 0. The fourth-order valence-electron chi connectivity index (χ4n) is 1.49. The van der Waals surface area contributed by atoms with Gasteiger partial charge in [0.2, 0.25) is 11.6 Å². The average Bonchev–Trinajstić information content (AvgIpc) is 2.44. The Morgan fingerprint density at radius 2 is 2.05 bits per heavy atom. The molecule has 0 atom stereocenters. The van der Waals surface area contributed by atoms with Gasteiger partial charge in [0.15, 0.2) is 0 Å². The number of carbonyl (C=O) groups excluding carboxylic acids is 1. The number of aromatic nitrogens is 2. The van der Waals surface area contributed by atoms with E-state index in [0.717, 1.165) is 6.33 Å². The lowest BCUT2D eigenvalue weighted by atomic mass is 10.2. The van der Waals surface area contributed by atoms with Crippen molar-refractivity contribution in [3.63, 3.8) is 0 Å². The van der Waals surface area contributed by atoms with Crippen LogP contribution in [0.1, 0.15) is 10.4 Å². The third kappa shape index (κ3) is 3.23. The lowest BCUT2D eigenvalue weighted by Gasteiger charge is -2.09. The van der Waals surface area contributed by atoms with Crippen LogP contribution in [0.25, 0.3) is 0 Å². The maximum absolute atomic E-state index is 12.0. The Morgan fingerprint density at radius 1 is 1.33 bits per heavy atom. The normalized spacial score (nSPS) is 9.95. The summed E-state index contributed by atoms with van der Waals surface area (Å²) < 4.78 is 0.584. The Kier molecular flexibility index (Phi) is 4.28. The van der Waals surface area contributed by atoms with E-state index in [1.165, 1.54) is 0 Å². The maximum Gasteiger partial charge on any atom is 0.354 e. The Balaban J connectivity index is 2.18. The maximum atomic E-state index is 12.0. The van der Waals surface area contributed by atoms with E-state index < -0.39 is 16.5 Å². The summed E-state index contributed by atoms with van der Waals surface area (Å²) in [6.07, 6.45) is 1.05. The highest BCUT2D eigenvalue weighted by atomic mass is 79.9. The Morgan fingerprint density at radius 3 is 2.71 bits per heavy atom. The lowest BCUT2D eigenvalue weighted by Crippen LogP contribution is -2.30. The number of anilines is 2. The molecule has 4 N–H and O–H groups in total. The zero-order valence-corrected chi connectivity index (χ0v) is 12.0. The van der Waals surface area contributed by atoms with E-state index in [1.54, 1.807) is 24.3 Å². The van der Waals surface area contributed by atoms with Crippen LogP contribution in [-0.2, 0) is 0 Å². The van der Waals surface area contributed by atoms with E-state index in [1.807, 2.05) is 0 Å². The first-order valence-corrected chi connectivity index (χ1v) is 6.35. The molecule has 0 bridgehead atoms. The number of nitrogens with two attached hydrogens (primary N) is 1. The van der Waals surface area contributed by atoms with Gasteiger partial charge >= 0.3 is 5.69 Å². The number of rotatable bonds is 4.